The van der Waals surface area contributed by atoms with E-state index in [4.69, 9.17) is 5.11 Å². The average molecular weight is 135 g/mol. The Labute approximate surface area is 52.4 Å². The predicted molar refractivity (Wildman–Crippen MR) is 29.8 cm³/mol. The maximum absolute atomic E-state index is 9.63. The second kappa shape index (κ2) is 5.46. The Morgan fingerprint density at radius 1 is 1.56 bits per heavy atom. The molecule has 0 aliphatic heterocycles. The molecule has 0 fully saturated rings. The summed E-state index contributed by atoms with van der Waals surface area (Å²) in [4.78, 5) is 9.16. The number of hydrogen-bond acceptors (Lipinski definition) is 4. The highest BCUT2D eigenvalue weighted by molar-refractivity contribution is 4.27. The Kier molecular flexibility index (Phi) is 5.04. The first-order chi connectivity index (χ1) is 4.27. The minimum Gasteiger partial charge on any atom is -0.394 e. The molecule has 0 spiro atoms. The molecule has 0 unspecified atom stereocenters. The number of hydrogen-bond donors (Lipinski definition) is 1. The molecule has 0 radical (unpaired) electrons. The maximum atomic E-state index is 9.63. The first kappa shape index (κ1) is 8.32. The second-order valence-corrected chi connectivity index (χ2v) is 1.39. The summed E-state index contributed by atoms with van der Waals surface area (Å²) in [6, 6.07) is 0. The molecule has 5 nitrogen and oxygen atoms in total. The van der Waals surface area contributed by atoms with Gasteiger partial charge in [-0.3, -0.25) is 10.1 Å². The van der Waals surface area contributed by atoms with Crippen LogP contribution in [0.25, 0.3) is 0 Å². The van der Waals surface area contributed by atoms with Gasteiger partial charge in [0, 0.05) is 4.92 Å². The van der Waals surface area contributed by atoms with Gasteiger partial charge in [0.1, 0.15) is 6.61 Å². The van der Waals surface area contributed by atoms with Crippen molar-refractivity contribution in [2.75, 3.05) is 26.4 Å². The van der Waals surface area contributed by atoms with Crippen molar-refractivity contribution in [3.05, 3.63) is 10.1 Å². The predicted octanol–water partition coefficient (Wildman–Crippen LogP) is -0.728. The standard InChI is InChI=1S/C4H9NO4/c6-2-4-9-3-1-5(7)8/h6H,1-4H2. The van der Waals surface area contributed by atoms with E-state index in [0.29, 0.717) is 0 Å². The van der Waals surface area contributed by atoms with Crippen LogP contribution >= 0.6 is 0 Å². The van der Waals surface area contributed by atoms with Crippen LogP contribution in [0.4, 0.5) is 0 Å². The van der Waals surface area contributed by atoms with E-state index < -0.39 is 4.92 Å². The van der Waals surface area contributed by atoms with Gasteiger partial charge in [0.2, 0.25) is 6.54 Å². The Morgan fingerprint density at radius 2 is 2.22 bits per heavy atom. The summed E-state index contributed by atoms with van der Waals surface area (Å²) >= 11 is 0. The topological polar surface area (TPSA) is 72.6 Å². The van der Waals surface area contributed by atoms with Crippen molar-refractivity contribution < 1.29 is 14.8 Å². The highest BCUT2D eigenvalue weighted by atomic mass is 16.6. The minimum absolute atomic E-state index is 0.0769. The van der Waals surface area contributed by atoms with Crippen molar-refractivity contribution in [1.82, 2.24) is 0 Å². The molecule has 0 atom stereocenters. The molecule has 0 aliphatic carbocycles. The molecule has 0 aromatic rings. The SMILES string of the molecule is O=[N+]([O-])CCOCCO. The van der Waals surface area contributed by atoms with Gasteiger partial charge in [-0.05, 0) is 0 Å². The fraction of sp³-hybridized carbons (Fsp3) is 1.00. The van der Waals surface area contributed by atoms with E-state index in [1.54, 1.807) is 0 Å². The van der Waals surface area contributed by atoms with Crippen LogP contribution in [0, 0.1) is 10.1 Å². The summed E-state index contributed by atoms with van der Waals surface area (Å²) in [6.07, 6.45) is 0. The van der Waals surface area contributed by atoms with E-state index in [9.17, 15) is 10.1 Å². The number of aliphatic hydroxyl groups is 1. The van der Waals surface area contributed by atoms with Crippen molar-refractivity contribution in [1.29, 1.82) is 0 Å². The van der Waals surface area contributed by atoms with Gasteiger partial charge in [0.15, 0.2) is 0 Å². The van der Waals surface area contributed by atoms with Crippen LogP contribution in [0.2, 0.25) is 0 Å². The zero-order valence-electron chi connectivity index (χ0n) is 4.95. The van der Waals surface area contributed by atoms with Crippen LogP contribution in [0.1, 0.15) is 0 Å². The molecule has 0 heterocycles. The third kappa shape index (κ3) is 7.32. The number of nitro groups is 1. The lowest BCUT2D eigenvalue weighted by molar-refractivity contribution is -0.483. The molecule has 1 N–H and O–H groups in total. The van der Waals surface area contributed by atoms with E-state index in [1.807, 2.05) is 0 Å². The Morgan fingerprint density at radius 3 is 2.67 bits per heavy atom. The quantitative estimate of drug-likeness (QED) is 0.306. The molecule has 0 saturated carbocycles. The molecule has 0 aromatic carbocycles. The molecular formula is C4H9NO4. The highest BCUT2D eigenvalue weighted by Crippen LogP contribution is 1.73. The van der Waals surface area contributed by atoms with Crippen LogP contribution in [0.15, 0.2) is 0 Å². The van der Waals surface area contributed by atoms with Crippen LogP contribution in [-0.4, -0.2) is 36.4 Å². The summed E-state index contributed by atoms with van der Waals surface area (Å²) in [5.41, 5.74) is 0. The van der Waals surface area contributed by atoms with Crippen molar-refractivity contribution in [2.45, 2.75) is 0 Å². The summed E-state index contributed by atoms with van der Waals surface area (Å²) in [6.45, 7) is -0.0287. The molecule has 0 rings (SSSR count). The first-order valence-electron chi connectivity index (χ1n) is 2.57. The normalized spacial score (nSPS) is 9.44. The van der Waals surface area contributed by atoms with Gasteiger partial charge in [-0.2, -0.15) is 0 Å². The van der Waals surface area contributed by atoms with Crippen molar-refractivity contribution >= 4 is 0 Å². The third-order valence-electron chi connectivity index (χ3n) is 0.654. The highest BCUT2D eigenvalue weighted by Gasteiger charge is 1.93. The molecule has 0 amide bonds. The smallest absolute Gasteiger partial charge is 0.226 e. The Bertz CT molecular complexity index is 84.6. The van der Waals surface area contributed by atoms with Crippen LogP contribution in [-0.2, 0) is 4.74 Å². The van der Waals surface area contributed by atoms with E-state index in [-0.39, 0.29) is 26.4 Å². The molecule has 54 valence electrons. The fourth-order valence-electron chi connectivity index (χ4n) is 0.306. The molecule has 0 saturated heterocycles. The van der Waals surface area contributed by atoms with Gasteiger partial charge in [0.05, 0.1) is 13.2 Å². The number of aliphatic hydroxyl groups excluding tert-OH is 1. The maximum Gasteiger partial charge on any atom is 0.226 e. The Balaban J connectivity index is 2.83. The molecule has 5 heteroatoms. The van der Waals surface area contributed by atoms with E-state index >= 15 is 0 Å². The monoisotopic (exact) mass is 135 g/mol. The average Bonchev–Trinajstić information content (AvgIpc) is 1.80. The lowest BCUT2D eigenvalue weighted by Gasteiger charge is -1.95. The van der Waals surface area contributed by atoms with Gasteiger partial charge in [-0.15, -0.1) is 0 Å². The van der Waals surface area contributed by atoms with E-state index in [1.165, 1.54) is 0 Å². The van der Waals surface area contributed by atoms with Crippen LogP contribution < -0.4 is 0 Å². The van der Waals surface area contributed by atoms with Gasteiger partial charge in [-0.25, -0.2) is 0 Å². The third-order valence-corrected chi connectivity index (χ3v) is 0.654. The number of ether oxygens (including phenoxy) is 1. The van der Waals surface area contributed by atoms with Crippen molar-refractivity contribution in [3.63, 3.8) is 0 Å². The van der Waals surface area contributed by atoms with E-state index in [0.717, 1.165) is 0 Å². The van der Waals surface area contributed by atoms with Gasteiger partial charge in [0.25, 0.3) is 0 Å². The number of rotatable bonds is 5. The second-order valence-electron chi connectivity index (χ2n) is 1.39. The molecular weight excluding hydrogens is 126 g/mol. The van der Waals surface area contributed by atoms with E-state index in [2.05, 4.69) is 4.74 Å². The summed E-state index contributed by atoms with van der Waals surface area (Å²) < 4.78 is 4.60. The van der Waals surface area contributed by atoms with Gasteiger partial charge in [-0.1, -0.05) is 0 Å². The zero-order valence-corrected chi connectivity index (χ0v) is 4.95. The zero-order chi connectivity index (χ0) is 7.11. The minimum atomic E-state index is -0.461. The lowest BCUT2D eigenvalue weighted by atomic mass is 10.7. The van der Waals surface area contributed by atoms with Crippen molar-refractivity contribution in [2.24, 2.45) is 0 Å². The van der Waals surface area contributed by atoms with Crippen LogP contribution in [0.3, 0.4) is 0 Å². The lowest BCUT2D eigenvalue weighted by Crippen LogP contribution is -2.10. The van der Waals surface area contributed by atoms with Crippen LogP contribution in [0.5, 0.6) is 0 Å². The summed E-state index contributed by atoms with van der Waals surface area (Å²) in [5, 5.41) is 17.8. The van der Waals surface area contributed by atoms with Gasteiger partial charge >= 0.3 is 0 Å². The fourth-order valence-corrected chi connectivity index (χ4v) is 0.306. The summed E-state index contributed by atoms with van der Waals surface area (Å²) in [5.74, 6) is 0. The van der Waals surface area contributed by atoms with Crippen molar-refractivity contribution in [3.8, 4) is 0 Å². The van der Waals surface area contributed by atoms with Gasteiger partial charge < -0.3 is 9.84 Å². The molecule has 0 aliphatic rings. The molecule has 9 heavy (non-hydrogen) atoms. The number of nitrogens with zero attached hydrogens (tertiary/aromatic N) is 1. The molecule has 0 bridgehead atoms. The Hall–Kier alpha value is -0.680. The first-order valence-corrected chi connectivity index (χ1v) is 2.57. The largest absolute Gasteiger partial charge is 0.394 e. The summed E-state index contributed by atoms with van der Waals surface area (Å²) in [7, 11) is 0. The molecule has 0 aromatic heterocycles.